The van der Waals surface area contributed by atoms with Crippen molar-refractivity contribution >= 4 is 0 Å². The molecule has 0 aliphatic rings. The maximum absolute atomic E-state index is 9.69. The maximum atomic E-state index is 9.69. The van der Waals surface area contributed by atoms with Gasteiger partial charge in [0, 0.05) is 19.1 Å². The summed E-state index contributed by atoms with van der Waals surface area (Å²) in [6.45, 7) is 5.85. The van der Waals surface area contributed by atoms with Crippen LogP contribution in [0, 0.1) is 6.92 Å². The van der Waals surface area contributed by atoms with Gasteiger partial charge < -0.3 is 10.2 Å². The second-order valence-electron chi connectivity index (χ2n) is 5.75. The predicted molar refractivity (Wildman–Crippen MR) is 89.7 cm³/mol. The average molecular weight is 299 g/mol. The molecule has 2 aromatic carbocycles. The van der Waals surface area contributed by atoms with E-state index >= 15 is 0 Å². The first-order valence-electron chi connectivity index (χ1n) is 7.81. The third kappa shape index (κ3) is 4.33. The maximum Gasteiger partial charge on any atom is 0.115 e. The number of aromatic hydroxyl groups is 1. The molecular weight excluding hydrogens is 274 g/mol. The van der Waals surface area contributed by atoms with Gasteiger partial charge in [-0.05, 0) is 42.2 Å². The molecule has 0 radical (unpaired) electrons. The molecule has 2 rings (SSSR count). The van der Waals surface area contributed by atoms with Gasteiger partial charge >= 0.3 is 0 Å². The molecule has 0 saturated heterocycles. The minimum absolute atomic E-state index is 0.113. The molecule has 0 fully saturated rings. The Balaban J connectivity index is 2.21. The molecular formula is C19H25NO2. The van der Waals surface area contributed by atoms with E-state index < -0.39 is 0 Å². The Hall–Kier alpha value is -1.84. The summed E-state index contributed by atoms with van der Waals surface area (Å²) in [6, 6.07) is 15.8. The molecule has 0 spiro atoms. The number of rotatable bonds is 7. The quantitative estimate of drug-likeness (QED) is 0.822. The van der Waals surface area contributed by atoms with Crippen LogP contribution in [-0.2, 0) is 13.1 Å². The Morgan fingerprint density at radius 2 is 1.82 bits per heavy atom. The number of phenolic OH excluding ortho intramolecular Hbond substituents is 1. The molecule has 2 N–H and O–H groups in total. The molecule has 1 atom stereocenters. The molecule has 0 unspecified atom stereocenters. The lowest BCUT2D eigenvalue weighted by Crippen LogP contribution is -2.36. The van der Waals surface area contributed by atoms with Crippen LogP contribution in [0.15, 0.2) is 48.5 Å². The highest BCUT2D eigenvalue weighted by Gasteiger charge is 2.17. The first-order valence-corrected chi connectivity index (χ1v) is 7.81. The Bertz CT molecular complexity index is 593. The van der Waals surface area contributed by atoms with Gasteiger partial charge in [-0.1, -0.05) is 43.3 Å². The summed E-state index contributed by atoms with van der Waals surface area (Å²) >= 11 is 0. The molecule has 0 aliphatic heterocycles. The van der Waals surface area contributed by atoms with Gasteiger partial charge in [0.2, 0.25) is 0 Å². The smallest absolute Gasteiger partial charge is 0.115 e. The molecule has 0 bridgehead atoms. The van der Waals surface area contributed by atoms with Gasteiger partial charge in [-0.2, -0.15) is 0 Å². The van der Waals surface area contributed by atoms with Crippen molar-refractivity contribution in [2.75, 3.05) is 6.61 Å². The van der Waals surface area contributed by atoms with Crippen LogP contribution in [0.1, 0.15) is 30.0 Å². The molecule has 3 heteroatoms. The van der Waals surface area contributed by atoms with E-state index in [4.69, 9.17) is 0 Å². The number of aryl methyl sites for hydroxylation is 1. The summed E-state index contributed by atoms with van der Waals surface area (Å²) in [7, 11) is 0. The Kier molecular flexibility index (Phi) is 5.99. The van der Waals surface area contributed by atoms with Gasteiger partial charge in [-0.25, -0.2) is 0 Å². The summed E-state index contributed by atoms with van der Waals surface area (Å²) in [6.07, 6.45) is 0.890. The molecule has 3 nitrogen and oxygen atoms in total. The molecule has 22 heavy (non-hydrogen) atoms. The van der Waals surface area contributed by atoms with Crippen LogP contribution in [-0.4, -0.2) is 27.8 Å². The Morgan fingerprint density at radius 3 is 2.45 bits per heavy atom. The second-order valence-corrected chi connectivity index (χ2v) is 5.75. The van der Waals surface area contributed by atoms with Gasteiger partial charge in [-0.3, -0.25) is 4.90 Å². The van der Waals surface area contributed by atoms with E-state index in [1.54, 1.807) is 12.1 Å². The van der Waals surface area contributed by atoms with Crippen molar-refractivity contribution in [1.82, 2.24) is 4.90 Å². The molecule has 0 saturated carbocycles. The van der Waals surface area contributed by atoms with Crippen LogP contribution < -0.4 is 0 Å². The average Bonchev–Trinajstić information content (AvgIpc) is 2.50. The molecule has 0 aliphatic carbocycles. The van der Waals surface area contributed by atoms with Gasteiger partial charge in [0.15, 0.2) is 0 Å². The fourth-order valence-electron chi connectivity index (χ4n) is 2.71. The van der Waals surface area contributed by atoms with E-state index in [9.17, 15) is 10.2 Å². The zero-order valence-electron chi connectivity index (χ0n) is 13.4. The number of phenols is 1. The summed E-state index contributed by atoms with van der Waals surface area (Å²) in [5.41, 5.74) is 3.59. The summed E-state index contributed by atoms with van der Waals surface area (Å²) < 4.78 is 0. The third-order valence-electron chi connectivity index (χ3n) is 4.13. The monoisotopic (exact) mass is 299 g/mol. The van der Waals surface area contributed by atoms with Gasteiger partial charge in [0.1, 0.15) is 5.75 Å². The third-order valence-corrected chi connectivity index (χ3v) is 4.13. The van der Waals surface area contributed by atoms with E-state index in [0.29, 0.717) is 6.54 Å². The van der Waals surface area contributed by atoms with Crippen molar-refractivity contribution < 1.29 is 10.2 Å². The van der Waals surface area contributed by atoms with Gasteiger partial charge in [0.05, 0.1) is 6.61 Å². The number of benzene rings is 2. The van der Waals surface area contributed by atoms with Crippen molar-refractivity contribution in [3.8, 4) is 5.75 Å². The van der Waals surface area contributed by atoms with Crippen LogP contribution in [0.3, 0.4) is 0 Å². The lowest BCUT2D eigenvalue weighted by atomic mass is 10.1. The van der Waals surface area contributed by atoms with Gasteiger partial charge in [0.25, 0.3) is 0 Å². The largest absolute Gasteiger partial charge is 0.508 e. The number of hydrogen-bond acceptors (Lipinski definition) is 3. The first-order chi connectivity index (χ1) is 10.6. The Morgan fingerprint density at radius 1 is 1.05 bits per heavy atom. The van der Waals surface area contributed by atoms with E-state index in [0.717, 1.165) is 18.5 Å². The van der Waals surface area contributed by atoms with E-state index in [2.05, 4.69) is 36.9 Å². The minimum atomic E-state index is 0.113. The minimum Gasteiger partial charge on any atom is -0.508 e. The van der Waals surface area contributed by atoms with E-state index in [1.165, 1.54) is 11.1 Å². The van der Waals surface area contributed by atoms with Crippen LogP contribution >= 0.6 is 0 Å². The highest BCUT2D eigenvalue weighted by Crippen LogP contribution is 2.19. The summed E-state index contributed by atoms with van der Waals surface area (Å²) in [5.74, 6) is 0.283. The molecule has 0 aromatic heterocycles. The fraction of sp³-hybridized carbons (Fsp3) is 0.368. The Labute approximate surface area is 132 Å². The second kappa shape index (κ2) is 7.97. The highest BCUT2D eigenvalue weighted by atomic mass is 16.3. The fourth-order valence-corrected chi connectivity index (χ4v) is 2.71. The first kappa shape index (κ1) is 16.5. The standard InChI is InChI=1S/C19H25NO2/c1-3-18(14-21)20(12-16-8-6-10-19(22)11-16)13-17-9-5-4-7-15(17)2/h4-11,18,21-22H,3,12-14H2,1-2H3/t18-/m1/s1. The van der Waals surface area contributed by atoms with Crippen LogP contribution in [0.5, 0.6) is 5.75 Å². The van der Waals surface area contributed by atoms with Crippen LogP contribution in [0.4, 0.5) is 0 Å². The van der Waals surface area contributed by atoms with Crippen molar-refractivity contribution in [3.05, 3.63) is 65.2 Å². The predicted octanol–water partition coefficient (Wildman–Crippen LogP) is 3.47. The number of nitrogens with zero attached hydrogens (tertiary/aromatic N) is 1. The van der Waals surface area contributed by atoms with Crippen LogP contribution in [0.25, 0.3) is 0 Å². The van der Waals surface area contributed by atoms with E-state index in [1.807, 2.05) is 18.2 Å². The molecule has 2 aromatic rings. The van der Waals surface area contributed by atoms with Crippen molar-refractivity contribution in [2.24, 2.45) is 0 Å². The number of aliphatic hydroxyl groups is 1. The van der Waals surface area contributed by atoms with Crippen molar-refractivity contribution in [2.45, 2.75) is 39.4 Å². The lowest BCUT2D eigenvalue weighted by molar-refractivity contribution is 0.106. The number of aliphatic hydroxyl groups excluding tert-OH is 1. The molecule has 0 heterocycles. The molecule has 0 amide bonds. The zero-order valence-corrected chi connectivity index (χ0v) is 13.4. The summed E-state index contributed by atoms with van der Waals surface area (Å²) in [4.78, 5) is 2.27. The molecule has 118 valence electrons. The summed E-state index contributed by atoms with van der Waals surface area (Å²) in [5, 5.41) is 19.3. The van der Waals surface area contributed by atoms with Gasteiger partial charge in [-0.15, -0.1) is 0 Å². The zero-order chi connectivity index (χ0) is 15.9. The van der Waals surface area contributed by atoms with Crippen molar-refractivity contribution in [1.29, 1.82) is 0 Å². The normalized spacial score (nSPS) is 12.5. The topological polar surface area (TPSA) is 43.7 Å². The SMILES string of the molecule is CC[C@H](CO)N(Cc1cccc(O)c1)Cc1ccccc1C. The van der Waals surface area contributed by atoms with Crippen molar-refractivity contribution in [3.63, 3.8) is 0 Å². The lowest BCUT2D eigenvalue weighted by Gasteiger charge is -2.30. The van der Waals surface area contributed by atoms with E-state index in [-0.39, 0.29) is 18.4 Å². The highest BCUT2D eigenvalue weighted by molar-refractivity contribution is 5.28. The van der Waals surface area contributed by atoms with Crippen LogP contribution in [0.2, 0.25) is 0 Å². The number of hydrogen-bond donors (Lipinski definition) is 2.